The second-order valence-electron chi connectivity index (χ2n) is 7.94. The number of rotatable bonds is 6. The maximum Gasteiger partial charge on any atom is 0.261 e. The van der Waals surface area contributed by atoms with Crippen LogP contribution in [0.15, 0.2) is 61.3 Å². The van der Waals surface area contributed by atoms with Crippen molar-refractivity contribution in [1.29, 1.82) is 0 Å². The van der Waals surface area contributed by atoms with Gasteiger partial charge in [-0.1, -0.05) is 29.8 Å². The van der Waals surface area contributed by atoms with Crippen LogP contribution in [0.5, 0.6) is 0 Å². The maximum atomic E-state index is 13.0. The van der Waals surface area contributed by atoms with Crippen LogP contribution in [0.3, 0.4) is 0 Å². The number of hydrogen-bond acceptors (Lipinski definition) is 5. The van der Waals surface area contributed by atoms with Gasteiger partial charge >= 0.3 is 0 Å². The lowest BCUT2D eigenvalue weighted by molar-refractivity contribution is 0.102. The highest BCUT2D eigenvalue weighted by atomic mass is 16.1. The minimum Gasteiger partial charge on any atom is -0.319 e. The first-order valence-corrected chi connectivity index (χ1v) is 10.8. The van der Waals surface area contributed by atoms with E-state index in [0.717, 1.165) is 29.1 Å². The Labute approximate surface area is 190 Å². The van der Waals surface area contributed by atoms with Crippen molar-refractivity contribution < 1.29 is 4.79 Å². The van der Waals surface area contributed by atoms with E-state index >= 15 is 0 Å². The molecule has 0 aliphatic heterocycles. The fraction of sp³-hybridized carbons (Fsp3) is 0.208. The highest BCUT2D eigenvalue weighted by molar-refractivity contribution is 6.08. The van der Waals surface area contributed by atoms with Gasteiger partial charge in [-0.05, 0) is 26.8 Å². The molecule has 4 aromatic heterocycles. The van der Waals surface area contributed by atoms with Gasteiger partial charge in [0, 0.05) is 35.8 Å². The van der Waals surface area contributed by atoms with E-state index in [-0.39, 0.29) is 5.91 Å². The summed E-state index contributed by atoms with van der Waals surface area (Å²) < 4.78 is 5.42. The summed E-state index contributed by atoms with van der Waals surface area (Å²) in [6.45, 7) is 7.56. The number of fused-ring (bicyclic) bond motifs is 1. The summed E-state index contributed by atoms with van der Waals surface area (Å²) >= 11 is 0. The Bertz CT molecular complexity index is 1440. The lowest BCUT2D eigenvalue weighted by Gasteiger charge is -2.06. The van der Waals surface area contributed by atoms with E-state index < -0.39 is 0 Å². The van der Waals surface area contributed by atoms with Crippen molar-refractivity contribution in [2.75, 3.05) is 5.32 Å². The number of aryl methyl sites for hydroxylation is 2. The third kappa shape index (κ3) is 3.89. The molecule has 1 aromatic carbocycles. The van der Waals surface area contributed by atoms with Gasteiger partial charge in [0.25, 0.3) is 5.91 Å². The molecule has 0 radical (unpaired) electrons. The van der Waals surface area contributed by atoms with Crippen molar-refractivity contribution in [2.24, 2.45) is 0 Å². The van der Waals surface area contributed by atoms with Crippen molar-refractivity contribution in [3.05, 3.63) is 83.7 Å². The molecule has 9 nitrogen and oxygen atoms in total. The van der Waals surface area contributed by atoms with Crippen molar-refractivity contribution in [1.82, 2.24) is 34.2 Å². The van der Waals surface area contributed by atoms with Gasteiger partial charge in [-0.25, -0.2) is 9.50 Å². The molecule has 0 aliphatic carbocycles. The Kier molecular flexibility index (Phi) is 5.21. The summed E-state index contributed by atoms with van der Waals surface area (Å²) in [5.41, 5.74) is 6.76. The van der Waals surface area contributed by atoms with Crippen molar-refractivity contribution in [2.45, 2.75) is 33.9 Å². The average Bonchev–Trinajstić information content (AvgIpc) is 3.53. The highest BCUT2D eigenvalue weighted by Gasteiger charge is 2.17. The summed E-state index contributed by atoms with van der Waals surface area (Å²) in [5, 5.41) is 16.1. The predicted octanol–water partition coefficient (Wildman–Crippen LogP) is 3.73. The summed E-state index contributed by atoms with van der Waals surface area (Å²) in [6.07, 6.45) is 8.53. The zero-order valence-electron chi connectivity index (χ0n) is 18.7. The second-order valence-corrected chi connectivity index (χ2v) is 7.94. The summed E-state index contributed by atoms with van der Waals surface area (Å²) in [7, 11) is 0. The molecule has 0 bridgehead atoms. The van der Waals surface area contributed by atoms with Crippen LogP contribution in [-0.2, 0) is 13.1 Å². The van der Waals surface area contributed by atoms with Crippen LogP contribution in [0.2, 0.25) is 0 Å². The first-order valence-electron chi connectivity index (χ1n) is 10.8. The van der Waals surface area contributed by atoms with Gasteiger partial charge in [-0.3, -0.25) is 14.2 Å². The Morgan fingerprint density at radius 1 is 1.00 bits per heavy atom. The van der Waals surface area contributed by atoms with E-state index in [2.05, 4.69) is 32.5 Å². The number of nitrogens with one attached hydrogen (secondary N) is 1. The van der Waals surface area contributed by atoms with Gasteiger partial charge < -0.3 is 5.32 Å². The molecule has 0 saturated heterocycles. The third-order valence-corrected chi connectivity index (χ3v) is 5.72. The number of benzene rings is 1. The Hall–Kier alpha value is -4.27. The van der Waals surface area contributed by atoms with Crippen LogP contribution < -0.4 is 5.32 Å². The average molecular weight is 441 g/mol. The molecule has 0 fully saturated rings. The van der Waals surface area contributed by atoms with E-state index in [4.69, 9.17) is 0 Å². The molecular formula is C24H24N8O. The van der Waals surface area contributed by atoms with Crippen LogP contribution >= 0.6 is 0 Å². The van der Waals surface area contributed by atoms with Gasteiger partial charge in [-0.15, -0.1) is 0 Å². The smallest absolute Gasteiger partial charge is 0.261 e. The minimum absolute atomic E-state index is 0.284. The van der Waals surface area contributed by atoms with Crippen molar-refractivity contribution >= 4 is 17.2 Å². The van der Waals surface area contributed by atoms with E-state index in [9.17, 15) is 4.79 Å². The molecule has 1 amide bonds. The Balaban J connectivity index is 1.36. The Morgan fingerprint density at radius 2 is 1.82 bits per heavy atom. The number of amides is 1. The van der Waals surface area contributed by atoms with E-state index in [0.29, 0.717) is 23.4 Å². The number of carbonyl (C=O) groups excluding carboxylic acids is 1. The van der Waals surface area contributed by atoms with Crippen molar-refractivity contribution in [3.8, 4) is 11.3 Å². The summed E-state index contributed by atoms with van der Waals surface area (Å²) in [5.74, 6) is -0.284. The zero-order chi connectivity index (χ0) is 22.9. The second kappa shape index (κ2) is 8.34. The largest absolute Gasteiger partial charge is 0.319 e. The standard InChI is InChI=1S/C24H24N8O/c1-4-31-17(3)19(11-27-31)14-30-15-20(12-26-30)29-24(33)21-13-28-32-22(9-10-25-23(21)32)18-7-5-16(2)6-8-18/h5-13,15H,4,14H2,1-3H3,(H,29,33). The molecule has 9 heteroatoms. The third-order valence-electron chi connectivity index (χ3n) is 5.72. The molecule has 0 saturated carbocycles. The van der Waals surface area contributed by atoms with Crippen molar-refractivity contribution in [3.63, 3.8) is 0 Å². The lowest BCUT2D eigenvalue weighted by atomic mass is 10.1. The first kappa shape index (κ1) is 20.6. The number of nitrogens with zero attached hydrogens (tertiary/aromatic N) is 7. The van der Waals surface area contributed by atoms with Gasteiger partial charge in [-0.2, -0.15) is 15.3 Å². The van der Waals surface area contributed by atoms with E-state index in [1.54, 1.807) is 34.0 Å². The monoisotopic (exact) mass is 440 g/mol. The van der Waals surface area contributed by atoms with E-state index in [1.807, 2.05) is 55.1 Å². The summed E-state index contributed by atoms with van der Waals surface area (Å²) in [6, 6.07) is 10.0. The zero-order valence-corrected chi connectivity index (χ0v) is 18.7. The first-order chi connectivity index (χ1) is 16.0. The SMILES string of the molecule is CCn1ncc(Cn2cc(NC(=O)c3cnn4c(-c5ccc(C)cc5)ccnc34)cn2)c1C. The number of hydrogen-bond donors (Lipinski definition) is 1. The lowest BCUT2D eigenvalue weighted by Crippen LogP contribution is -2.11. The van der Waals surface area contributed by atoms with Crippen LogP contribution in [0.4, 0.5) is 5.69 Å². The molecule has 0 unspecified atom stereocenters. The molecule has 0 atom stereocenters. The fourth-order valence-corrected chi connectivity index (χ4v) is 3.84. The number of anilines is 1. The van der Waals surface area contributed by atoms with Gasteiger partial charge in [0.15, 0.2) is 5.65 Å². The van der Waals surface area contributed by atoms with Gasteiger partial charge in [0.1, 0.15) is 5.56 Å². The molecule has 4 heterocycles. The van der Waals surface area contributed by atoms with Gasteiger partial charge in [0.2, 0.25) is 0 Å². The molecular weight excluding hydrogens is 416 g/mol. The van der Waals surface area contributed by atoms with Crippen LogP contribution in [0.1, 0.15) is 34.1 Å². The van der Waals surface area contributed by atoms with Crippen LogP contribution in [-0.4, -0.2) is 40.1 Å². The number of aromatic nitrogens is 7. The molecule has 5 rings (SSSR count). The number of carbonyl (C=O) groups is 1. The maximum absolute atomic E-state index is 13.0. The summed E-state index contributed by atoms with van der Waals surface area (Å²) in [4.78, 5) is 17.4. The van der Waals surface area contributed by atoms with Crippen LogP contribution in [0.25, 0.3) is 16.9 Å². The molecule has 0 aliphatic rings. The fourth-order valence-electron chi connectivity index (χ4n) is 3.84. The molecule has 33 heavy (non-hydrogen) atoms. The topological polar surface area (TPSA) is 94.9 Å². The molecule has 1 N–H and O–H groups in total. The van der Waals surface area contributed by atoms with Gasteiger partial charge in [0.05, 0.1) is 36.5 Å². The quantitative estimate of drug-likeness (QED) is 0.434. The highest BCUT2D eigenvalue weighted by Crippen LogP contribution is 2.22. The normalized spacial score (nSPS) is 11.2. The minimum atomic E-state index is -0.284. The molecule has 0 spiro atoms. The molecule has 166 valence electrons. The predicted molar refractivity (Wildman–Crippen MR) is 125 cm³/mol. The Morgan fingerprint density at radius 3 is 2.58 bits per heavy atom. The van der Waals surface area contributed by atoms with E-state index in [1.165, 1.54) is 5.56 Å². The van der Waals surface area contributed by atoms with Crippen LogP contribution in [0, 0.1) is 13.8 Å². The molecule has 5 aromatic rings.